The lowest BCUT2D eigenvalue weighted by molar-refractivity contribution is 1.42. The van der Waals surface area contributed by atoms with Gasteiger partial charge in [-0.05, 0) is 12.1 Å². The monoisotopic (exact) mass is 153 g/mol. The molecular weight excluding hydrogens is 146 g/mol. The minimum atomic E-state index is 1.21. The predicted molar refractivity (Wildman–Crippen MR) is 40.7 cm³/mol. The molecule has 2 rings (SSSR count). The summed E-state index contributed by atoms with van der Waals surface area (Å²) in [7, 11) is 0. The lowest BCUT2D eigenvalue weighted by atomic mass is 10.7. The Labute approximate surface area is 63.1 Å². The van der Waals surface area contributed by atoms with Crippen LogP contribution in [0.15, 0.2) is 36.9 Å². The van der Waals surface area contributed by atoms with Crippen molar-refractivity contribution in [2.24, 2.45) is 0 Å². The lowest BCUT2D eigenvalue weighted by Gasteiger charge is -1.49. The highest BCUT2D eigenvalue weighted by Gasteiger charge is 1.61. The zero-order valence-electron chi connectivity index (χ0n) is 5.27. The van der Waals surface area contributed by atoms with Crippen molar-refractivity contribution in [3.8, 4) is 0 Å². The fourth-order valence-electron chi connectivity index (χ4n) is 0.414. The number of hydrogen-bond donors (Lipinski definition) is 1. The van der Waals surface area contributed by atoms with Crippen molar-refractivity contribution in [1.29, 1.82) is 0 Å². The van der Waals surface area contributed by atoms with E-state index in [2.05, 4.69) is 13.7 Å². The molecule has 52 valence electrons. The number of nitrogens with one attached hydrogen (secondary N) is 1. The molecule has 0 bridgehead atoms. The van der Waals surface area contributed by atoms with Crippen molar-refractivity contribution >= 4 is 11.7 Å². The maximum atomic E-state index is 3.65. The van der Waals surface area contributed by atoms with Gasteiger partial charge in [-0.1, -0.05) is 0 Å². The van der Waals surface area contributed by atoms with Crippen molar-refractivity contribution < 1.29 is 0 Å². The van der Waals surface area contributed by atoms with Crippen LogP contribution in [0.1, 0.15) is 0 Å². The summed E-state index contributed by atoms with van der Waals surface area (Å²) in [5.74, 6) is 0. The minimum absolute atomic E-state index is 1.21. The van der Waals surface area contributed by atoms with Crippen LogP contribution in [0, 0.1) is 0 Å². The number of aromatic nitrogens is 3. The molecule has 0 saturated carbocycles. The molecule has 0 aromatic carbocycles. The first kappa shape index (κ1) is 6.95. The lowest BCUT2D eigenvalue weighted by Crippen LogP contribution is -1.38. The van der Waals surface area contributed by atoms with Crippen LogP contribution in [0.4, 0.5) is 0 Å². The molecule has 10 heavy (non-hydrogen) atoms. The Morgan fingerprint density at radius 2 is 1.60 bits per heavy atom. The molecule has 0 fully saturated rings. The highest BCUT2D eigenvalue weighted by Crippen LogP contribution is 1.74. The van der Waals surface area contributed by atoms with Gasteiger partial charge in [0, 0.05) is 12.4 Å². The third-order valence-electron chi connectivity index (χ3n) is 0.779. The van der Waals surface area contributed by atoms with E-state index in [0.29, 0.717) is 0 Å². The summed E-state index contributed by atoms with van der Waals surface area (Å²) in [5.41, 5.74) is 0. The van der Waals surface area contributed by atoms with Crippen LogP contribution in [0.3, 0.4) is 0 Å². The Bertz CT molecular complexity index is 152. The van der Waals surface area contributed by atoms with E-state index in [1.54, 1.807) is 12.4 Å². The maximum Gasteiger partial charge on any atom is 0.0679 e. The summed E-state index contributed by atoms with van der Waals surface area (Å²) < 4.78 is 7.31. The van der Waals surface area contributed by atoms with E-state index in [1.165, 1.54) is 11.7 Å². The summed E-state index contributed by atoms with van der Waals surface area (Å²) in [5, 5.41) is 0. The zero-order valence-corrected chi connectivity index (χ0v) is 6.08. The van der Waals surface area contributed by atoms with E-state index >= 15 is 0 Å². The molecule has 0 unspecified atom stereocenters. The molecule has 0 saturated heterocycles. The normalized spacial score (nSPS) is 8.00. The van der Waals surface area contributed by atoms with E-state index in [1.807, 2.05) is 24.5 Å². The van der Waals surface area contributed by atoms with Crippen molar-refractivity contribution in [2.75, 3.05) is 0 Å². The van der Waals surface area contributed by atoms with Crippen LogP contribution < -0.4 is 0 Å². The molecule has 0 spiro atoms. The maximum absolute atomic E-state index is 3.65. The van der Waals surface area contributed by atoms with Gasteiger partial charge < -0.3 is 4.98 Å². The third kappa shape index (κ3) is 2.99. The van der Waals surface area contributed by atoms with Gasteiger partial charge in [-0.2, -0.15) is 8.75 Å². The first-order chi connectivity index (χ1) is 5.00. The zero-order chi connectivity index (χ0) is 7.07. The van der Waals surface area contributed by atoms with Gasteiger partial charge in [0.1, 0.15) is 0 Å². The Hall–Kier alpha value is -1.16. The summed E-state index contributed by atoms with van der Waals surface area (Å²) in [6.45, 7) is 0. The Kier molecular flexibility index (Phi) is 3.26. The molecule has 0 aliphatic heterocycles. The van der Waals surface area contributed by atoms with E-state index in [9.17, 15) is 0 Å². The smallest absolute Gasteiger partial charge is 0.0679 e. The summed E-state index contributed by atoms with van der Waals surface area (Å²) in [4.78, 5) is 2.86. The highest BCUT2D eigenvalue weighted by molar-refractivity contribution is 6.98. The van der Waals surface area contributed by atoms with Crippen molar-refractivity contribution in [1.82, 2.24) is 13.7 Å². The molecule has 0 radical (unpaired) electrons. The first-order valence-electron chi connectivity index (χ1n) is 2.79. The van der Waals surface area contributed by atoms with Gasteiger partial charge in [0.25, 0.3) is 0 Å². The van der Waals surface area contributed by atoms with Gasteiger partial charge in [-0.15, -0.1) is 0 Å². The first-order valence-corrected chi connectivity index (χ1v) is 3.52. The van der Waals surface area contributed by atoms with E-state index in [-0.39, 0.29) is 0 Å². The average molecular weight is 153 g/mol. The molecule has 0 atom stereocenters. The van der Waals surface area contributed by atoms with Crippen LogP contribution in [0.2, 0.25) is 0 Å². The third-order valence-corrected chi connectivity index (χ3v) is 1.21. The summed E-state index contributed by atoms with van der Waals surface area (Å²) in [6, 6.07) is 3.89. The molecule has 2 aromatic heterocycles. The molecule has 0 aliphatic carbocycles. The van der Waals surface area contributed by atoms with Crippen molar-refractivity contribution in [3.05, 3.63) is 36.9 Å². The van der Waals surface area contributed by atoms with Gasteiger partial charge in [-0.25, -0.2) is 0 Å². The van der Waals surface area contributed by atoms with Crippen molar-refractivity contribution in [3.63, 3.8) is 0 Å². The Balaban J connectivity index is 0.0000001000. The number of aromatic amines is 1. The quantitative estimate of drug-likeness (QED) is 0.624. The SMILES string of the molecule is c1cc[nH]c1.c1cnsn1. The minimum Gasteiger partial charge on any atom is -0.368 e. The fraction of sp³-hybridized carbons (Fsp3) is 0. The molecular formula is C6H7N3S. The van der Waals surface area contributed by atoms with Crippen molar-refractivity contribution in [2.45, 2.75) is 0 Å². The Morgan fingerprint density at radius 1 is 1.00 bits per heavy atom. The van der Waals surface area contributed by atoms with E-state index in [0.717, 1.165) is 0 Å². The van der Waals surface area contributed by atoms with Gasteiger partial charge in [0.2, 0.25) is 0 Å². The topological polar surface area (TPSA) is 41.6 Å². The molecule has 4 heteroatoms. The van der Waals surface area contributed by atoms with E-state index in [4.69, 9.17) is 0 Å². The number of hydrogen-bond acceptors (Lipinski definition) is 3. The molecule has 0 amide bonds. The fourth-order valence-corrected chi connectivity index (χ4v) is 0.686. The number of rotatable bonds is 0. The van der Waals surface area contributed by atoms with Crippen LogP contribution in [0.25, 0.3) is 0 Å². The van der Waals surface area contributed by atoms with Crippen LogP contribution in [-0.2, 0) is 0 Å². The second kappa shape index (κ2) is 4.69. The van der Waals surface area contributed by atoms with E-state index < -0.39 is 0 Å². The molecule has 3 nitrogen and oxygen atoms in total. The Morgan fingerprint density at radius 3 is 1.80 bits per heavy atom. The molecule has 2 heterocycles. The largest absolute Gasteiger partial charge is 0.368 e. The number of nitrogens with zero attached hydrogens (tertiary/aromatic N) is 2. The standard InChI is InChI=1S/C4H5N.C2H2N2S/c2*1-2-4-5-3-1/h1-5H;1-2H. The van der Waals surface area contributed by atoms with Crippen LogP contribution in [-0.4, -0.2) is 13.7 Å². The second-order valence-electron chi connectivity index (χ2n) is 1.48. The summed E-state index contributed by atoms with van der Waals surface area (Å²) >= 11 is 1.21. The van der Waals surface area contributed by atoms with Crippen LogP contribution >= 0.6 is 11.7 Å². The van der Waals surface area contributed by atoms with Gasteiger partial charge in [0.05, 0.1) is 24.1 Å². The molecule has 2 aromatic rings. The predicted octanol–water partition coefficient (Wildman–Crippen LogP) is 1.55. The highest BCUT2D eigenvalue weighted by atomic mass is 32.1. The van der Waals surface area contributed by atoms with Gasteiger partial charge >= 0.3 is 0 Å². The van der Waals surface area contributed by atoms with Crippen LogP contribution in [0.5, 0.6) is 0 Å². The number of H-pyrrole nitrogens is 1. The average Bonchev–Trinajstić information content (AvgIpc) is 2.67. The van der Waals surface area contributed by atoms with Gasteiger partial charge in [-0.3, -0.25) is 0 Å². The van der Waals surface area contributed by atoms with Gasteiger partial charge in [0.15, 0.2) is 0 Å². The summed E-state index contributed by atoms with van der Waals surface area (Å²) in [6.07, 6.45) is 7.06. The second-order valence-corrected chi connectivity index (χ2v) is 2.06. The molecule has 1 N–H and O–H groups in total. The molecule has 0 aliphatic rings.